The van der Waals surface area contributed by atoms with Crippen LogP contribution in [-0.2, 0) is 29.4 Å². The number of carbonyl (C=O) groups is 5. The Hall–Kier alpha value is -3.04. The normalized spacial score (nSPS) is 21.9. The molecular formula is C33H59N7O7S. The Morgan fingerprint density at radius 2 is 1.62 bits per heavy atom. The van der Waals surface area contributed by atoms with Crippen LogP contribution in [0.2, 0.25) is 0 Å². The molecule has 14 nitrogen and oxygen atoms in total. The van der Waals surface area contributed by atoms with Gasteiger partial charge in [-0.2, -0.15) is 12.7 Å². The lowest BCUT2D eigenvalue weighted by Gasteiger charge is -2.39. The summed E-state index contributed by atoms with van der Waals surface area (Å²) in [6.45, 7) is 21.5. The molecule has 5 atom stereocenters. The Morgan fingerprint density at radius 3 is 2.15 bits per heavy atom. The molecule has 274 valence electrons. The van der Waals surface area contributed by atoms with E-state index in [1.165, 1.54) is 15.3 Å². The van der Waals surface area contributed by atoms with E-state index in [0.29, 0.717) is 32.4 Å². The van der Waals surface area contributed by atoms with Gasteiger partial charge >= 0.3 is 6.03 Å². The van der Waals surface area contributed by atoms with Crippen molar-refractivity contribution in [3.8, 4) is 0 Å². The minimum Gasteiger partial charge on any atom is -0.346 e. The zero-order valence-electron chi connectivity index (χ0n) is 30.3. The van der Waals surface area contributed by atoms with Gasteiger partial charge in [-0.25, -0.2) is 9.52 Å². The van der Waals surface area contributed by atoms with Crippen molar-refractivity contribution in [2.24, 2.45) is 22.7 Å². The standard InChI is InChI=1S/C33H59N7O7S/c1-11-14-23(26(41)29(43)34-16-12-2)36-28(42)25-22(21(3)4)15-19-40(25)30(44)27(33(8,9)10)38-31(45)37-24(32(5,6)7)20-39-18-13-17-35-48(39,46)47/h12,21-25,27,35H,2,11,13-20H2,1,3-10H3,(H,34,43)(H,36,42)(H2,37,38,45)/t22-,23?,24?,25+,27-/m1/s1. The third-order valence-electron chi connectivity index (χ3n) is 9.03. The molecule has 0 spiro atoms. The fourth-order valence-electron chi connectivity index (χ4n) is 6.06. The van der Waals surface area contributed by atoms with Crippen LogP contribution in [0.5, 0.6) is 0 Å². The highest BCUT2D eigenvalue weighted by Crippen LogP contribution is 2.33. The van der Waals surface area contributed by atoms with Crippen molar-refractivity contribution < 1.29 is 32.4 Å². The predicted molar refractivity (Wildman–Crippen MR) is 185 cm³/mol. The molecule has 2 heterocycles. The van der Waals surface area contributed by atoms with Crippen LogP contribution in [0.25, 0.3) is 0 Å². The molecule has 2 aliphatic rings. The molecule has 0 saturated carbocycles. The van der Waals surface area contributed by atoms with Gasteiger partial charge in [0.25, 0.3) is 16.1 Å². The molecule has 2 unspecified atom stereocenters. The molecule has 0 radical (unpaired) electrons. The number of Topliss-reactive ketones (excluding diaryl/α,β-unsaturated/α-hetero) is 1. The summed E-state index contributed by atoms with van der Waals surface area (Å²) in [5, 5.41) is 11.0. The summed E-state index contributed by atoms with van der Waals surface area (Å²) >= 11 is 0. The number of likely N-dealkylation sites (tertiary alicyclic amines) is 1. The average Bonchev–Trinajstić information content (AvgIpc) is 3.43. The van der Waals surface area contributed by atoms with Gasteiger partial charge in [-0.3, -0.25) is 19.2 Å². The van der Waals surface area contributed by atoms with Crippen LogP contribution in [0.15, 0.2) is 12.7 Å². The summed E-state index contributed by atoms with van der Waals surface area (Å²) in [7, 11) is -3.67. The summed E-state index contributed by atoms with van der Waals surface area (Å²) in [5.74, 6) is -2.76. The first-order chi connectivity index (χ1) is 22.1. The van der Waals surface area contributed by atoms with E-state index in [9.17, 15) is 32.4 Å². The Balaban J connectivity index is 2.33. The SMILES string of the molecule is C=CCNC(=O)C(=O)C(CCC)NC(=O)[C@@H]1[C@@H](C(C)C)CCN1C(=O)[C@@H](NC(=O)NC(CN1CCCNS1(=O)=O)C(C)(C)C)C(C)(C)C. The molecular weight excluding hydrogens is 638 g/mol. The number of rotatable bonds is 14. The molecule has 0 aliphatic carbocycles. The van der Waals surface area contributed by atoms with Crippen LogP contribution >= 0.6 is 0 Å². The molecule has 0 aromatic carbocycles. The molecule has 0 aromatic heterocycles. The number of hydrogen-bond donors (Lipinski definition) is 5. The van der Waals surface area contributed by atoms with Gasteiger partial charge in [0.1, 0.15) is 12.1 Å². The second kappa shape index (κ2) is 17.1. The molecule has 5 amide bonds. The summed E-state index contributed by atoms with van der Waals surface area (Å²) in [6.07, 6.45) is 3.41. The van der Waals surface area contributed by atoms with Crippen molar-refractivity contribution in [1.29, 1.82) is 0 Å². The molecule has 2 fully saturated rings. The second-order valence-corrected chi connectivity index (χ2v) is 17.1. The lowest BCUT2D eigenvalue weighted by molar-refractivity contribution is -0.144. The summed E-state index contributed by atoms with van der Waals surface area (Å²) in [6, 6.07) is -4.25. The van der Waals surface area contributed by atoms with E-state index in [1.54, 1.807) is 0 Å². The Kier molecular flexibility index (Phi) is 14.6. The van der Waals surface area contributed by atoms with Crippen molar-refractivity contribution in [3.63, 3.8) is 0 Å². The number of amides is 5. The monoisotopic (exact) mass is 697 g/mol. The van der Waals surface area contributed by atoms with Crippen LogP contribution in [0.3, 0.4) is 0 Å². The maximum atomic E-state index is 14.3. The van der Waals surface area contributed by atoms with E-state index < -0.39 is 74.7 Å². The van der Waals surface area contributed by atoms with Gasteiger partial charge in [-0.1, -0.05) is 74.8 Å². The minimum atomic E-state index is -3.67. The molecule has 48 heavy (non-hydrogen) atoms. The zero-order chi connectivity index (χ0) is 36.6. The molecule has 0 bridgehead atoms. The largest absolute Gasteiger partial charge is 0.346 e. The van der Waals surface area contributed by atoms with E-state index in [4.69, 9.17) is 0 Å². The van der Waals surface area contributed by atoms with E-state index in [2.05, 4.69) is 32.6 Å². The fraction of sp³-hybridized carbons (Fsp3) is 0.788. The Morgan fingerprint density at radius 1 is 0.979 bits per heavy atom. The average molecular weight is 698 g/mol. The summed E-state index contributed by atoms with van der Waals surface area (Å²) < 4.78 is 29.1. The first-order valence-electron chi connectivity index (χ1n) is 17.0. The number of hydrogen-bond acceptors (Lipinski definition) is 7. The highest BCUT2D eigenvalue weighted by atomic mass is 32.2. The maximum Gasteiger partial charge on any atom is 0.315 e. The molecule has 5 N–H and O–H groups in total. The van der Waals surface area contributed by atoms with Gasteiger partial charge in [-0.05, 0) is 41.9 Å². The van der Waals surface area contributed by atoms with Crippen LogP contribution in [0.1, 0.15) is 88.0 Å². The third kappa shape index (κ3) is 11.0. The Bertz CT molecular complexity index is 1290. The van der Waals surface area contributed by atoms with Crippen LogP contribution in [0.4, 0.5) is 4.79 Å². The predicted octanol–water partition coefficient (Wildman–Crippen LogP) is 1.68. The molecule has 2 saturated heterocycles. The van der Waals surface area contributed by atoms with Crippen LogP contribution in [-0.4, -0.2) is 104 Å². The fourth-order valence-corrected chi connectivity index (χ4v) is 7.36. The molecule has 0 aromatic rings. The first-order valence-corrected chi connectivity index (χ1v) is 18.4. The van der Waals surface area contributed by atoms with Gasteiger partial charge in [-0.15, -0.1) is 6.58 Å². The van der Waals surface area contributed by atoms with E-state index in [0.717, 1.165) is 0 Å². The third-order valence-corrected chi connectivity index (χ3v) is 10.6. The van der Waals surface area contributed by atoms with E-state index in [1.807, 2.05) is 62.3 Å². The van der Waals surface area contributed by atoms with Gasteiger partial charge in [0, 0.05) is 38.8 Å². The first kappa shape index (κ1) is 41.1. The quantitative estimate of drug-likeness (QED) is 0.135. The number of nitrogens with zero attached hydrogens (tertiary/aromatic N) is 2. The van der Waals surface area contributed by atoms with Crippen molar-refractivity contribution >= 4 is 39.7 Å². The highest BCUT2D eigenvalue weighted by Gasteiger charge is 2.48. The molecule has 2 aliphatic heterocycles. The van der Waals surface area contributed by atoms with E-state index >= 15 is 0 Å². The van der Waals surface area contributed by atoms with Crippen molar-refractivity contribution in [2.45, 2.75) is 112 Å². The lowest BCUT2D eigenvalue weighted by Crippen LogP contribution is -2.63. The molecule has 2 rings (SSSR count). The number of carbonyl (C=O) groups excluding carboxylic acids is 5. The number of ketones is 1. The van der Waals surface area contributed by atoms with Crippen LogP contribution < -0.4 is 26.0 Å². The van der Waals surface area contributed by atoms with Gasteiger partial charge in [0.15, 0.2) is 0 Å². The van der Waals surface area contributed by atoms with Gasteiger partial charge in [0.2, 0.25) is 17.6 Å². The molecule has 15 heteroatoms. The van der Waals surface area contributed by atoms with Gasteiger partial charge < -0.3 is 26.2 Å². The topological polar surface area (TPSA) is 186 Å². The number of nitrogens with one attached hydrogen (secondary N) is 5. The van der Waals surface area contributed by atoms with Gasteiger partial charge in [0.05, 0.1) is 6.04 Å². The summed E-state index contributed by atoms with van der Waals surface area (Å²) in [5.41, 5.74) is -1.30. The smallest absolute Gasteiger partial charge is 0.315 e. The lowest BCUT2D eigenvalue weighted by atomic mass is 9.84. The highest BCUT2D eigenvalue weighted by molar-refractivity contribution is 7.87. The zero-order valence-corrected chi connectivity index (χ0v) is 31.1. The van der Waals surface area contributed by atoms with Crippen molar-refractivity contribution in [2.75, 3.05) is 32.7 Å². The number of urea groups is 1. The summed E-state index contributed by atoms with van der Waals surface area (Å²) in [4.78, 5) is 68.7. The van der Waals surface area contributed by atoms with E-state index in [-0.39, 0.29) is 37.9 Å². The second-order valence-electron chi connectivity index (χ2n) is 15.3. The Labute approximate surface area is 287 Å². The van der Waals surface area contributed by atoms with Crippen LogP contribution in [0, 0.1) is 22.7 Å². The van der Waals surface area contributed by atoms with Crippen molar-refractivity contribution in [3.05, 3.63) is 12.7 Å². The maximum absolute atomic E-state index is 14.3. The minimum absolute atomic E-state index is 0.0206. The van der Waals surface area contributed by atoms with Crippen molar-refractivity contribution in [1.82, 2.24) is 35.2 Å².